The molecule has 0 atom stereocenters. The van der Waals surface area contributed by atoms with Crippen LogP contribution in [0.4, 0.5) is 0 Å². The number of likely N-dealkylation sites (tertiary alicyclic amines) is 1. The van der Waals surface area contributed by atoms with E-state index in [2.05, 4.69) is 40.4 Å². The monoisotopic (exact) mass is 301 g/mol. The Kier molecular flexibility index (Phi) is 4.48. The highest BCUT2D eigenvalue weighted by atomic mass is 32.2. The van der Waals surface area contributed by atoms with E-state index in [1.165, 1.54) is 23.8 Å². The van der Waals surface area contributed by atoms with Crippen molar-refractivity contribution in [3.8, 4) is 0 Å². The van der Waals surface area contributed by atoms with Crippen LogP contribution >= 0.6 is 11.8 Å². The van der Waals surface area contributed by atoms with Crippen molar-refractivity contribution in [3.63, 3.8) is 0 Å². The van der Waals surface area contributed by atoms with Crippen LogP contribution in [0.5, 0.6) is 0 Å². The lowest BCUT2D eigenvalue weighted by molar-refractivity contribution is 0.195. The van der Waals surface area contributed by atoms with Gasteiger partial charge in [0.15, 0.2) is 0 Å². The summed E-state index contributed by atoms with van der Waals surface area (Å²) in [5.74, 6) is 0. The van der Waals surface area contributed by atoms with Crippen LogP contribution in [-0.2, 0) is 6.54 Å². The number of aromatic nitrogens is 1. The number of pyridine rings is 1. The standard InChI is InChI=1S/C17H23N3S/c1-21-17(13-18)6-9-20(10-7-17)12-14-4-5-16-15(11-14)3-2-8-19-16/h2-5,8,11H,6-7,9-10,12-13,18H2,1H3. The van der Waals surface area contributed by atoms with E-state index in [1.807, 2.05) is 24.0 Å². The number of fused-ring (bicyclic) bond motifs is 1. The minimum absolute atomic E-state index is 0.309. The lowest BCUT2D eigenvalue weighted by Gasteiger charge is -2.40. The third-order valence-electron chi connectivity index (χ3n) is 4.65. The van der Waals surface area contributed by atoms with Crippen LogP contribution in [0, 0.1) is 0 Å². The van der Waals surface area contributed by atoms with E-state index in [0.717, 1.165) is 31.7 Å². The first-order valence-corrected chi connectivity index (χ1v) is 8.78. The topological polar surface area (TPSA) is 42.1 Å². The van der Waals surface area contributed by atoms with Crippen molar-refractivity contribution in [1.29, 1.82) is 0 Å². The van der Waals surface area contributed by atoms with E-state index in [0.29, 0.717) is 4.75 Å². The zero-order valence-electron chi connectivity index (χ0n) is 12.6. The molecule has 1 aromatic carbocycles. The van der Waals surface area contributed by atoms with Gasteiger partial charge in [-0.25, -0.2) is 0 Å². The largest absolute Gasteiger partial charge is 0.329 e. The predicted molar refractivity (Wildman–Crippen MR) is 91.6 cm³/mol. The number of benzene rings is 1. The predicted octanol–water partition coefficient (Wildman–Crippen LogP) is 2.89. The van der Waals surface area contributed by atoms with Crippen molar-refractivity contribution < 1.29 is 0 Å². The summed E-state index contributed by atoms with van der Waals surface area (Å²) in [6.07, 6.45) is 6.43. The molecule has 1 aliphatic rings. The molecule has 0 aliphatic carbocycles. The Balaban J connectivity index is 1.66. The van der Waals surface area contributed by atoms with Gasteiger partial charge in [-0.2, -0.15) is 11.8 Å². The Morgan fingerprint density at radius 3 is 2.81 bits per heavy atom. The summed E-state index contributed by atoms with van der Waals surface area (Å²) in [5.41, 5.74) is 8.41. The molecule has 1 aromatic heterocycles. The first kappa shape index (κ1) is 14.8. The van der Waals surface area contributed by atoms with Crippen LogP contribution in [0.15, 0.2) is 36.5 Å². The maximum Gasteiger partial charge on any atom is 0.0702 e. The van der Waals surface area contributed by atoms with Crippen LogP contribution in [0.1, 0.15) is 18.4 Å². The Bertz CT molecular complexity index is 600. The fourth-order valence-electron chi connectivity index (χ4n) is 3.09. The van der Waals surface area contributed by atoms with Crippen molar-refractivity contribution in [2.24, 2.45) is 5.73 Å². The van der Waals surface area contributed by atoms with Crippen molar-refractivity contribution >= 4 is 22.7 Å². The number of rotatable bonds is 4. The first-order valence-electron chi connectivity index (χ1n) is 7.56. The Morgan fingerprint density at radius 2 is 2.10 bits per heavy atom. The fraction of sp³-hybridized carbons (Fsp3) is 0.471. The van der Waals surface area contributed by atoms with Crippen molar-refractivity contribution in [2.75, 3.05) is 25.9 Å². The maximum absolute atomic E-state index is 5.96. The molecule has 112 valence electrons. The van der Waals surface area contributed by atoms with Gasteiger partial charge in [0.05, 0.1) is 5.52 Å². The summed E-state index contributed by atoms with van der Waals surface area (Å²) in [6, 6.07) is 10.7. The van der Waals surface area contributed by atoms with Crippen LogP contribution < -0.4 is 5.73 Å². The Morgan fingerprint density at radius 1 is 1.29 bits per heavy atom. The lowest BCUT2D eigenvalue weighted by Crippen LogP contribution is -2.46. The molecule has 21 heavy (non-hydrogen) atoms. The van der Waals surface area contributed by atoms with Crippen LogP contribution in [0.2, 0.25) is 0 Å². The summed E-state index contributed by atoms with van der Waals surface area (Å²) in [6.45, 7) is 4.11. The van der Waals surface area contributed by atoms with E-state index in [1.54, 1.807) is 0 Å². The number of hydrogen-bond donors (Lipinski definition) is 1. The molecule has 0 bridgehead atoms. The highest BCUT2D eigenvalue weighted by Gasteiger charge is 2.32. The SMILES string of the molecule is CSC1(CN)CCN(Cc2ccc3ncccc3c2)CC1. The molecule has 3 rings (SSSR count). The fourth-order valence-corrected chi connectivity index (χ4v) is 3.85. The van der Waals surface area contributed by atoms with E-state index in [-0.39, 0.29) is 0 Å². The van der Waals surface area contributed by atoms with Crippen LogP contribution in [-0.4, -0.2) is 40.5 Å². The van der Waals surface area contributed by atoms with Gasteiger partial charge < -0.3 is 5.73 Å². The summed E-state index contributed by atoms with van der Waals surface area (Å²) in [7, 11) is 0. The number of nitrogens with two attached hydrogens (primary N) is 1. The second-order valence-corrected chi connectivity index (χ2v) is 7.17. The third kappa shape index (κ3) is 3.23. The van der Waals surface area contributed by atoms with Gasteiger partial charge in [-0.3, -0.25) is 9.88 Å². The average Bonchev–Trinajstić information content (AvgIpc) is 2.56. The van der Waals surface area contributed by atoms with Gasteiger partial charge in [0.2, 0.25) is 0 Å². The van der Waals surface area contributed by atoms with Gasteiger partial charge >= 0.3 is 0 Å². The molecule has 0 spiro atoms. The summed E-state index contributed by atoms with van der Waals surface area (Å²) >= 11 is 1.94. The maximum atomic E-state index is 5.96. The molecule has 2 heterocycles. The molecule has 0 amide bonds. The molecule has 0 unspecified atom stereocenters. The Hall–Kier alpha value is -1.10. The van der Waals surface area contributed by atoms with Crippen molar-refractivity contribution in [3.05, 3.63) is 42.1 Å². The first-order chi connectivity index (χ1) is 10.2. The Labute approximate surface area is 130 Å². The molecule has 2 aromatic rings. The van der Waals surface area contributed by atoms with Gasteiger partial charge in [0.1, 0.15) is 0 Å². The molecule has 2 N–H and O–H groups in total. The summed E-state index contributed by atoms with van der Waals surface area (Å²) in [5, 5.41) is 1.23. The minimum atomic E-state index is 0.309. The van der Waals surface area contributed by atoms with E-state index in [9.17, 15) is 0 Å². The summed E-state index contributed by atoms with van der Waals surface area (Å²) in [4.78, 5) is 6.92. The highest BCUT2D eigenvalue weighted by molar-refractivity contribution is 8.00. The van der Waals surface area contributed by atoms with Crippen LogP contribution in [0.25, 0.3) is 10.9 Å². The molecule has 0 saturated carbocycles. The molecule has 1 fully saturated rings. The number of piperidine rings is 1. The molecule has 3 nitrogen and oxygen atoms in total. The van der Waals surface area contributed by atoms with E-state index < -0.39 is 0 Å². The lowest BCUT2D eigenvalue weighted by atomic mass is 9.95. The third-order valence-corrected chi connectivity index (χ3v) is 6.09. The number of thioether (sulfide) groups is 1. The van der Waals surface area contributed by atoms with E-state index in [4.69, 9.17) is 5.73 Å². The minimum Gasteiger partial charge on any atom is -0.329 e. The summed E-state index contributed by atoms with van der Waals surface area (Å²) < 4.78 is 0.309. The number of nitrogens with zero attached hydrogens (tertiary/aromatic N) is 2. The molecular weight excluding hydrogens is 278 g/mol. The van der Waals surface area contributed by atoms with Gasteiger partial charge in [0.25, 0.3) is 0 Å². The molecule has 0 radical (unpaired) electrons. The molecule has 1 aliphatic heterocycles. The quantitative estimate of drug-likeness (QED) is 0.943. The number of hydrogen-bond acceptors (Lipinski definition) is 4. The normalized spacial score (nSPS) is 19.0. The van der Waals surface area contributed by atoms with Gasteiger partial charge in [-0.1, -0.05) is 12.1 Å². The second kappa shape index (κ2) is 6.34. The smallest absolute Gasteiger partial charge is 0.0702 e. The highest BCUT2D eigenvalue weighted by Crippen LogP contribution is 2.33. The van der Waals surface area contributed by atoms with Gasteiger partial charge in [-0.15, -0.1) is 0 Å². The van der Waals surface area contributed by atoms with Crippen LogP contribution in [0.3, 0.4) is 0 Å². The zero-order chi connectivity index (χ0) is 14.7. The van der Waals surface area contributed by atoms with Gasteiger partial charge in [-0.05, 0) is 55.9 Å². The average molecular weight is 301 g/mol. The van der Waals surface area contributed by atoms with Gasteiger partial charge in [0, 0.05) is 29.4 Å². The molecule has 4 heteroatoms. The zero-order valence-corrected chi connectivity index (χ0v) is 13.4. The van der Waals surface area contributed by atoms with Crippen molar-refractivity contribution in [1.82, 2.24) is 9.88 Å². The second-order valence-electron chi connectivity index (χ2n) is 5.90. The van der Waals surface area contributed by atoms with Crippen molar-refractivity contribution in [2.45, 2.75) is 24.1 Å². The molecule has 1 saturated heterocycles. The molecular formula is C17H23N3S. The van der Waals surface area contributed by atoms with E-state index >= 15 is 0 Å².